The van der Waals surface area contributed by atoms with Gasteiger partial charge in [-0.3, -0.25) is 9.59 Å². The Morgan fingerprint density at radius 3 is 2.66 bits per heavy atom. The third kappa shape index (κ3) is 5.70. The van der Waals surface area contributed by atoms with Crippen molar-refractivity contribution in [3.63, 3.8) is 0 Å². The third-order valence-electron chi connectivity index (χ3n) is 7.14. The summed E-state index contributed by atoms with van der Waals surface area (Å²) in [5.74, 6) is -0.416. The van der Waals surface area contributed by atoms with Crippen LogP contribution >= 0.6 is 11.3 Å². The van der Waals surface area contributed by atoms with Crippen molar-refractivity contribution in [3.05, 3.63) is 63.6 Å². The Labute approximate surface area is 224 Å². The highest BCUT2D eigenvalue weighted by molar-refractivity contribution is 7.14. The van der Waals surface area contributed by atoms with Crippen LogP contribution in [0.4, 0.5) is 20.9 Å². The quantitative estimate of drug-likeness (QED) is 0.281. The first-order valence-electron chi connectivity index (χ1n) is 12.9. The van der Waals surface area contributed by atoms with Crippen molar-refractivity contribution in [2.45, 2.75) is 51.0 Å². The van der Waals surface area contributed by atoms with Crippen LogP contribution in [0.2, 0.25) is 0 Å². The van der Waals surface area contributed by atoms with E-state index >= 15 is 0 Å². The zero-order chi connectivity index (χ0) is 26.6. The molecule has 2 heterocycles. The predicted octanol–water partition coefficient (Wildman–Crippen LogP) is 5.38. The van der Waals surface area contributed by atoms with Crippen LogP contribution in [0, 0.1) is 5.82 Å². The molecule has 0 atom stereocenters. The Hall–Kier alpha value is -3.79. The molecular formula is C28H31FN6O2S. The standard InChI is InChI=1S/C28H31FN6O2S/c1-30-26(36)13-12-20-27(37)32-21-14-23(25(15-22(21)31-20)35(2)19-6-4-3-5-7-19)33-28-34-24(16-38-28)17-8-10-18(29)11-9-17/h8-11,14-16,19H,3-7,12-13H2,1-2H3,(H,30,36)(H,32,37)(H,33,34). The Bertz CT molecular complexity index is 1490. The van der Waals surface area contributed by atoms with Crippen LogP contribution in [0.5, 0.6) is 0 Å². The number of halogens is 1. The van der Waals surface area contributed by atoms with Gasteiger partial charge >= 0.3 is 0 Å². The molecule has 1 fully saturated rings. The third-order valence-corrected chi connectivity index (χ3v) is 7.89. The van der Waals surface area contributed by atoms with E-state index in [0.29, 0.717) is 27.9 Å². The van der Waals surface area contributed by atoms with Gasteiger partial charge in [0.15, 0.2) is 5.13 Å². The lowest BCUT2D eigenvalue weighted by atomic mass is 9.94. The monoisotopic (exact) mass is 534 g/mol. The molecule has 0 bridgehead atoms. The van der Waals surface area contributed by atoms with E-state index in [4.69, 9.17) is 4.98 Å². The van der Waals surface area contributed by atoms with Gasteiger partial charge in [-0.05, 0) is 49.2 Å². The highest BCUT2D eigenvalue weighted by atomic mass is 32.1. The fraction of sp³-hybridized carbons (Fsp3) is 0.357. The zero-order valence-electron chi connectivity index (χ0n) is 21.5. The number of nitrogens with zero attached hydrogens (tertiary/aromatic N) is 3. The summed E-state index contributed by atoms with van der Waals surface area (Å²) in [6.07, 6.45) is 6.38. The van der Waals surface area contributed by atoms with Crippen molar-refractivity contribution in [1.29, 1.82) is 0 Å². The zero-order valence-corrected chi connectivity index (χ0v) is 22.3. The number of aromatic amines is 1. The molecule has 0 saturated heterocycles. The van der Waals surface area contributed by atoms with E-state index in [9.17, 15) is 14.0 Å². The molecule has 2 aromatic heterocycles. The predicted molar refractivity (Wildman–Crippen MR) is 151 cm³/mol. The van der Waals surface area contributed by atoms with Crippen molar-refractivity contribution < 1.29 is 9.18 Å². The molecule has 4 aromatic rings. The maximum absolute atomic E-state index is 13.4. The van der Waals surface area contributed by atoms with Crippen LogP contribution in [0.3, 0.4) is 0 Å². The number of amides is 1. The number of carbonyl (C=O) groups is 1. The summed E-state index contributed by atoms with van der Waals surface area (Å²) in [4.78, 5) is 39.1. The van der Waals surface area contributed by atoms with E-state index in [0.717, 1.165) is 35.5 Å². The van der Waals surface area contributed by atoms with Gasteiger partial charge in [0.25, 0.3) is 5.56 Å². The minimum absolute atomic E-state index is 0.132. The first-order chi connectivity index (χ1) is 18.4. The molecule has 0 aliphatic heterocycles. The van der Waals surface area contributed by atoms with Crippen molar-refractivity contribution >= 4 is 44.8 Å². The number of hydrogen-bond acceptors (Lipinski definition) is 7. The Morgan fingerprint density at radius 1 is 1.16 bits per heavy atom. The molecule has 2 aromatic carbocycles. The molecule has 5 rings (SSSR count). The molecule has 0 radical (unpaired) electrons. The smallest absolute Gasteiger partial charge is 0.270 e. The number of aromatic nitrogens is 3. The lowest BCUT2D eigenvalue weighted by Crippen LogP contribution is -2.33. The Kier molecular flexibility index (Phi) is 7.69. The highest BCUT2D eigenvalue weighted by Gasteiger charge is 2.22. The van der Waals surface area contributed by atoms with Gasteiger partial charge in [0, 0.05) is 43.9 Å². The number of benzene rings is 2. The summed E-state index contributed by atoms with van der Waals surface area (Å²) < 4.78 is 13.4. The number of aryl methyl sites for hydroxylation is 1. The molecule has 0 spiro atoms. The SMILES string of the molecule is CNC(=O)CCc1nc2cc(N(C)C3CCCCC3)c(Nc3nc(-c4ccc(F)cc4)cs3)cc2[nH]c1=O. The molecule has 3 N–H and O–H groups in total. The molecule has 1 aliphatic rings. The average molecular weight is 535 g/mol. The first kappa shape index (κ1) is 25.8. The molecular weight excluding hydrogens is 503 g/mol. The largest absolute Gasteiger partial charge is 0.370 e. The van der Waals surface area contributed by atoms with Gasteiger partial charge in [0.05, 0.1) is 28.1 Å². The van der Waals surface area contributed by atoms with E-state index in [1.165, 1.54) is 42.7 Å². The van der Waals surface area contributed by atoms with E-state index in [2.05, 4.69) is 32.5 Å². The van der Waals surface area contributed by atoms with Crippen LogP contribution in [-0.2, 0) is 11.2 Å². The lowest BCUT2D eigenvalue weighted by Gasteiger charge is -2.34. The molecule has 38 heavy (non-hydrogen) atoms. The molecule has 8 nitrogen and oxygen atoms in total. The maximum Gasteiger partial charge on any atom is 0.270 e. The number of hydrogen-bond donors (Lipinski definition) is 3. The van der Waals surface area contributed by atoms with Crippen LogP contribution in [0.1, 0.15) is 44.2 Å². The van der Waals surface area contributed by atoms with Gasteiger partial charge in [-0.25, -0.2) is 14.4 Å². The topological polar surface area (TPSA) is 103 Å². The first-order valence-corrected chi connectivity index (χ1v) is 13.8. The number of fused-ring (bicyclic) bond motifs is 1. The minimum atomic E-state index is -0.298. The molecule has 1 amide bonds. The molecule has 0 unspecified atom stereocenters. The second-order valence-corrected chi connectivity index (χ2v) is 10.5. The van der Waals surface area contributed by atoms with Crippen LogP contribution in [0.25, 0.3) is 22.3 Å². The van der Waals surface area contributed by atoms with Crippen molar-refractivity contribution in [2.24, 2.45) is 0 Å². The lowest BCUT2D eigenvalue weighted by molar-refractivity contribution is -0.120. The second-order valence-electron chi connectivity index (χ2n) is 9.64. The normalized spacial score (nSPS) is 14.0. The minimum Gasteiger partial charge on any atom is -0.370 e. The van der Waals surface area contributed by atoms with Crippen molar-refractivity contribution in [2.75, 3.05) is 24.3 Å². The summed E-state index contributed by atoms with van der Waals surface area (Å²) in [6, 6.07) is 10.6. The average Bonchev–Trinajstić information content (AvgIpc) is 3.40. The summed E-state index contributed by atoms with van der Waals surface area (Å²) in [5, 5.41) is 8.67. The fourth-order valence-corrected chi connectivity index (χ4v) is 5.68. The number of thiazole rings is 1. The van der Waals surface area contributed by atoms with Crippen LogP contribution < -0.4 is 21.1 Å². The van der Waals surface area contributed by atoms with Gasteiger partial charge in [-0.1, -0.05) is 19.3 Å². The second kappa shape index (κ2) is 11.3. The van der Waals surface area contributed by atoms with Crippen molar-refractivity contribution in [3.8, 4) is 11.3 Å². The molecule has 1 aliphatic carbocycles. The van der Waals surface area contributed by atoms with Crippen LogP contribution in [0.15, 0.2) is 46.6 Å². The number of nitrogens with one attached hydrogen (secondary N) is 3. The molecule has 10 heteroatoms. The van der Waals surface area contributed by atoms with E-state index in [-0.39, 0.29) is 30.1 Å². The molecule has 1 saturated carbocycles. The van der Waals surface area contributed by atoms with E-state index < -0.39 is 0 Å². The van der Waals surface area contributed by atoms with Gasteiger partial charge in [0.1, 0.15) is 11.5 Å². The van der Waals surface area contributed by atoms with E-state index in [1.54, 1.807) is 19.2 Å². The summed E-state index contributed by atoms with van der Waals surface area (Å²) >= 11 is 1.46. The van der Waals surface area contributed by atoms with E-state index in [1.807, 2.05) is 17.5 Å². The number of carbonyl (C=O) groups excluding carboxylic acids is 1. The Balaban J connectivity index is 1.51. The van der Waals surface area contributed by atoms with Crippen molar-refractivity contribution in [1.82, 2.24) is 20.3 Å². The summed E-state index contributed by atoms with van der Waals surface area (Å²) in [6.45, 7) is 0. The van der Waals surface area contributed by atoms with Crippen LogP contribution in [-0.4, -0.2) is 41.0 Å². The summed E-state index contributed by atoms with van der Waals surface area (Å²) in [7, 11) is 3.68. The van der Waals surface area contributed by atoms with Gasteiger partial charge in [-0.2, -0.15) is 0 Å². The Morgan fingerprint density at radius 2 is 1.92 bits per heavy atom. The van der Waals surface area contributed by atoms with Gasteiger partial charge < -0.3 is 20.5 Å². The number of rotatable bonds is 8. The number of anilines is 3. The molecule has 198 valence electrons. The van der Waals surface area contributed by atoms with Gasteiger partial charge in [-0.15, -0.1) is 11.3 Å². The maximum atomic E-state index is 13.4. The highest BCUT2D eigenvalue weighted by Crippen LogP contribution is 2.37. The number of H-pyrrole nitrogens is 1. The fourth-order valence-electron chi connectivity index (χ4n) is 4.94. The summed E-state index contributed by atoms with van der Waals surface area (Å²) in [5.41, 5.74) is 4.72. The van der Waals surface area contributed by atoms with Gasteiger partial charge in [0.2, 0.25) is 5.91 Å².